The van der Waals surface area contributed by atoms with Crippen LogP contribution in [0.5, 0.6) is 5.75 Å². The second kappa shape index (κ2) is 13.0. The lowest BCUT2D eigenvalue weighted by atomic mass is 9.94. The van der Waals surface area contributed by atoms with Crippen LogP contribution in [-0.4, -0.2) is 41.9 Å². The highest BCUT2D eigenvalue weighted by Crippen LogP contribution is 2.30. The van der Waals surface area contributed by atoms with Crippen molar-refractivity contribution in [2.24, 2.45) is 0 Å². The summed E-state index contributed by atoms with van der Waals surface area (Å²) in [4.78, 5) is 32.7. The Kier molecular flexibility index (Phi) is 10.1. The number of thioether (sulfide) groups is 1. The van der Waals surface area contributed by atoms with E-state index in [0.717, 1.165) is 26.3 Å². The van der Waals surface area contributed by atoms with Gasteiger partial charge in [-0.15, -0.1) is 23.1 Å². The summed E-state index contributed by atoms with van der Waals surface area (Å²) in [5.41, 5.74) is 0.870. The lowest BCUT2D eigenvalue weighted by Gasteiger charge is -2.12. The quantitative estimate of drug-likeness (QED) is 0.206. The van der Waals surface area contributed by atoms with Crippen molar-refractivity contribution in [1.82, 2.24) is 9.97 Å². The van der Waals surface area contributed by atoms with Crippen LogP contribution in [0.1, 0.15) is 55.8 Å². The van der Waals surface area contributed by atoms with Gasteiger partial charge in [-0.25, -0.2) is 9.97 Å². The van der Waals surface area contributed by atoms with Crippen LogP contribution >= 0.6 is 23.1 Å². The van der Waals surface area contributed by atoms with Gasteiger partial charge in [-0.1, -0.05) is 32.9 Å². The molecule has 0 atom stereocenters. The van der Waals surface area contributed by atoms with Crippen molar-refractivity contribution >= 4 is 34.7 Å². The number of aromatic nitrogens is 2. The Balaban J connectivity index is 1.39. The molecule has 35 heavy (non-hydrogen) atoms. The molecule has 0 aliphatic carbocycles. The van der Waals surface area contributed by atoms with Crippen LogP contribution in [0.3, 0.4) is 0 Å². The van der Waals surface area contributed by atoms with Gasteiger partial charge in [0.1, 0.15) is 28.9 Å². The van der Waals surface area contributed by atoms with Crippen LogP contribution in [0.4, 0.5) is 0 Å². The van der Waals surface area contributed by atoms with Crippen molar-refractivity contribution < 1.29 is 23.5 Å². The van der Waals surface area contributed by atoms with E-state index in [1.54, 1.807) is 24.2 Å². The summed E-state index contributed by atoms with van der Waals surface area (Å²) in [6.07, 6.45) is 5.34. The summed E-state index contributed by atoms with van der Waals surface area (Å²) in [5, 5.41) is 0.809. The lowest BCUT2D eigenvalue weighted by Crippen LogP contribution is -2.09. The van der Waals surface area contributed by atoms with Crippen molar-refractivity contribution in [2.75, 3.05) is 20.3 Å². The molecule has 0 saturated heterocycles. The zero-order chi connectivity index (χ0) is 25.3. The highest BCUT2D eigenvalue weighted by atomic mass is 32.2. The minimum atomic E-state index is -0.0625. The van der Waals surface area contributed by atoms with E-state index in [-0.39, 0.29) is 23.6 Å². The summed E-state index contributed by atoms with van der Waals surface area (Å²) in [5.74, 6) is 3.10. The molecule has 0 saturated carbocycles. The molecule has 0 aliphatic heterocycles. The van der Waals surface area contributed by atoms with Crippen LogP contribution in [-0.2, 0) is 38.3 Å². The number of benzene rings is 1. The van der Waals surface area contributed by atoms with E-state index in [2.05, 4.69) is 30.7 Å². The molecule has 0 amide bonds. The Hall–Kier alpha value is -2.49. The van der Waals surface area contributed by atoms with Gasteiger partial charge in [0, 0.05) is 25.4 Å². The zero-order valence-corrected chi connectivity index (χ0v) is 22.3. The molecule has 9 heteroatoms. The van der Waals surface area contributed by atoms with E-state index in [0.29, 0.717) is 43.9 Å². The summed E-state index contributed by atoms with van der Waals surface area (Å²) in [6.45, 7) is 6.89. The van der Waals surface area contributed by atoms with Crippen molar-refractivity contribution in [3.05, 3.63) is 58.9 Å². The standard InChI is InChI=1S/C26H32N2O5S2/c1-26(2,3)22-14-27-23(33-22)17-34-25-15-28-24(35-25)13-20(30)12-18-7-9-21(10-8-18)32-11-5-6-19(29)16-31-4/h7-10,14-15H,5-6,11-13,16-17H2,1-4H3. The van der Waals surface area contributed by atoms with Gasteiger partial charge >= 0.3 is 0 Å². The number of ether oxygens (including phenoxy) is 2. The first-order chi connectivity index (χ1) is 16.7. The van der Waals surface area contributed by atoms with Gasteiger partial charge in [0.25, 0.3) is 0 Å². The number of thiazole rings is 1. The molecule has 0 fully saturated rings. The van der Waals surface area contributed by atoms with Gasteiger partial charge in [0.05, 0.1) is 35.4 Å². The summed E-state index contributed by atoms with van der Waals surface area (Å²) in [6, 6.07) is 7.50. The number of carbonyl (C=O) groups is 2. The predicted molar refractivity (Wildman–Crippen MR) is 137 cm³/mol. The second-order valence-corrected chi connectivity index (χ2v) is 11.6. The minimum Gasteiger partial charge on any atom is -0.494 e. The van der Waals surface area contributed by atoms with Gasteiger partial charge < -0.3 is 13.9 Å². The van der Waals surface area contributed by atoms with E-state index in [4.69, 9.17) is 13.9 Å². The van der Waals surface area contributed by atoms with Crippen molar-refractivity contribution in [1.29, 1.82) is 0 Å². The molecule has 2 heterocycles. The fourth-order valence-electron chi connectivity index (χ4n) is 3.15. The van der Waals surface area contributed by atoms with Crippen LogP contribution in [0.25, 0.3) is 0 Å². The number of carbonyl (C=O) groups excluding carboxylic acids is 2. The molecule has 0 N–H and O–H groups in total. The largest absolute Gasteiger partial charge is 0.494 e. The number of oxazole rings is 1. The Morgan fingerprint density at radius 1 is 1.06 bits per heavy atom. The molecular formula is C26H32N2O5S2. The fourth-order valence-corrected chi connectivity index (χ4v) is 5.06. The molecule has 188 valence electrons. The second-order valence-electron chi connectivity index (χ2n) is 9.19. The average molecular weight is 517 g/mol. The van der Waals surface area contributed by atoms with Crippen LogP contribution < -0.4 is 4.74 Å². The molecule has 0 spiro atoms. The Labute approximate surface area is 214 Å². The normalized spacial score (nSPS) is 11.5. The van der Waals surface area contributed by atoms with Crippen LogP contribution in [0.15, 0.2) is 45.3 Å². The number of nitrogens with zero attached hydrogens (tertiary/aromatic N) is 2. The molecule has 1 aromatic carbocycles. The first kappa shape index (κ1) is 27.1. The Morgan fingerprint density at radius 2 is 1.83 bits per heavy atom. The summed E-state index contributed by atoms with van der Waals surface area (Å²) in [7, 11) is 1.51. The van der Waals surface area contributed by atoms with E-state index in [1.807, 2.05) is 24.3 Å². The monoisotopic (exact) mass is 516 g/mol. The average Bonchev–Trinajstić information content (AvgIpc) is 3.46. The molecule has 0 radical (unpaired) electrons. The van der Waals surface area contributed by atoms with Crippen molar-refractivity contribution in [3.63, 3.8) is 0 Å². The molecular weight excluding hydrogens is 484 g/mol. The molecule has 0 bridgehead atoms. The molecule has 0 aliphatic rings. The topological polar surface area (TPSA) is 91.5 Å². The molecule has 0 unspecified atom stereocenters. The number of Topliss-reactive ketones (excluding diaryl/α,β-unsaturated/α-hetero) is 2. The maximum atomic E-state index is 12.5. The van der Waals surface area contributed by atoms with E-state index in [1.165, 1.54) is 18.4 Å². The maximum absolute atomic E-state index is 12.5. The Morgan fingerprint density at radius 3 is 2.51 bits per heavy atom. The molecule has 7 nitrogen and oxygen atoms in total. The number of methoxy groups -OCH3 is 1. The number of hydrogen-bond donors (Lipinski definition) is 0. The van der Waals surface area contributed by atoms with Gasteiger partial charge in [-0.2, -0.15) is 0 Å². The third kappa shape index (κ3) is 9.23. The minimum absolute atomic E-state index is 0.0625. The highest BCUT2D eigenvalue weighted by molar-refractivity contribution is 8.00. The SMILES string of the molecule is COCC(=O)CCCOc1ccc(CC(=O)Cc2ncc(SCc3ncc(C(C)(C)C)o3)s2)cc1. The summed E-state index contributed by atoms with van der Waals surface area (Å²) < 4.78 is 17.3. The number of rotatable bonds is 14. The smallest absolute Gasteiger partial charge is 0.204 e. The van der Waals surface area contributed by atoms with E-state index >= 15 is 0 Å². The third-order valence-corrected chi connectivity index (χ3v) is 7.19. The van der Waals surface area contributed by atoms with Gasteiger partial charge in [0.2, 0.25) is 5.89 Å². The Bertz CT molecular complexity index is 1100. The van der Waals surface area contributed by atoms with Crippen molar-refractivity contribution in [3.8, 4) is 5.75 Å². The van der Waals surface area contributed by atoms with Crippen LogP contribution in [0, 0.1) is 0 Å². The zero-order valence-electron chi connectivity index (χ0n) is 20.7. The highest BCUT2D eigenvalue weighted by Gasteiger charge is 2.19. The number of hydrogen-bond acceptors (Lipinski definition) is 9. The lowest BCUT2D eigenvalue weighted by molar-refractivity contribution is -0.122. The maximum Gasteiger partial charge on any atom is 0.204 e. The van der Waals surface area contributed by atoms with Crippen LogP contribution in [0.2, 0.25) is 0 Å². The van der Waals surface area contributed by atoms with E-state index < -0.39 is 0 Å². The first-order valence-electron chi connectivity index (χ1n) is 11.5. The third-order valence-electron chi connectivity index (χ3n) is 5.01. The molecule has 3 rings (SSSR count). The van der Waals surface area contributed by atoms with Gasteiger partial charge in [-0.05, 0) is 24.1 Å². The first-order valence-corrected chi connectivity index (χ1v) is 13.3. The molecule has 3 aromatic rings. The fraction of sp³-hybridized carbons (Fsp3) is 0.462. The van der Waals surface area contributed by atoms with Gasteiger partial charge in [0.15, 0.2) is 5.78 Å². The molecule has 2 aromatic heterocycles. The van der Waals surface area contributed by atoms with Gasteiger partial charge in [-0.3, -0.25) is 9.59 Å². The van der Waals surface area contributed by atoms with Crippen molar-refractivity contribution in [2.45, 2.75) is 61.8 Å². The summed E-state index contributed by atoms with van der Waals surface area (Å²) >= 11 is 3.14. The number of ketones is 2. The van der Waals surface area contributed by atoms with E-state index in [9.17, 15) is 9.59 Å². The predicted octanol–water partition coefficient (Wildman–Crippen LogP) is 5.45.